The SMILES string of the molecule is CC1CNC(c2ccccc2)CN1c1ccc(Cl)cc1Cl. The number of rotatable bonds is 2. The molecule has 2 nitrogen and oxygen atoms in total. The van der Waals surface area contributed by atoms with Crippen LogP contribution in [0.15, 0.2) is 48.5 Å². The molecule has 0 saturated carbocycles. The van der Waals surface area contributed by atoms with Gasteiger partial charge < -0.3 is 10.2 Å². The summed E-state index contributed by atoms with van der Waals surface area (Å²) in [5.74, 6) is 0. The standard InChI is InChI=1S/C17H18Cl2N2/c1-12-10-20-16(13-5-3-2-4-6-13)11-21(12)17-8-7-14(18)9-15(17)19/h2-9,12,16,20H,10-11H2,1H3. The van der Waals surface area contributed by atoms with Crippen molar-refractivity contribution in [1.29, 1.82) is 0 Å². The molecular weight excluding hydrogens is 303 g/mol. The number of benzene rings is 2. The smallest absolute Gasteiger partial charge is 0.0654 e. The molecule has 0 radical (unpaired) electrons. The minimum atomic E-state index is 0.314. The Morgan fingerprint density at radius 3 is 2.57 bits per heavy atom. The molecule has 4 heteroatoms. The fraction of sp³-hybridized carbons (Fsp3) is 0.294. The minimum Gasteiger partial charge on any atom is -0.364 e. The molecule has 3 rings (SSSR count). The Balaban J connectivity index is 1.87. The molecule has 2 aromatic rings. The van der Waals surface area contributed by atoms with Crippen LogP contribution >= 0.6 is 23.2 Å². The first kappa shape index (κ1) is 14.7. The van der Waals surface area contributed by atoms with Gasteiger partial charge in [-0.05, 0) is 30.7 Å². The van der Waals surface area contributed by atoms with E-state index < -0.39 is 0 Å². The maximum atomic E-state index is 6.38. The Bertz CT molecular complexity index is 615. The van der Waals surface area contributed by atoms with Crippen molar-refractivity contribution in [2.24, 2.45) is 0 Å². The first-order valence-corrected chi connectivity index (χ1v) is 7.91. The summed E-state index contributed by atoms with van der Waals surface area (Å²) < 4.78 is 0. The van der Waals surface area contributed by atoms with Crippen LogP contribution in [0.5, 0.6) is 0 Å². The van der Waals surface area contributed by atoms with Gasteiger partial charge in [0.2, 0.25) is 0 Å². The molecule has 1 N–H and O–H groups in total. The van der Waals surface area contributed by atoms with Crippen LogP contribution < -0.4 is 10.2 Å². The van der Waals surface area contributed by atoms with Crippen molar-refractivity contribution in [3.8, 4) is 0 Å². The van der Waals surface area contributed by atoms with Crippen LogP contribution in [0.2, 0.25) is 10.0 Å². The summed E-state index contributed by atoms with van der Waals surface area (Å²) in [7, 11) is 0. The monoisotopic (exact) mass is 320 g/mol. The van der Waals surface area contributed by atoms with Crippen molar-refractivity contribution in [2.75, 3.05) is 18.0 Å². The molecule has 0 amide bonds. The van der Waals surface area contributed by atoms with Crippen molar-refractivity contribution in [3.63, 3.8) is 0 Å². The fourth-order valence-electron chi connectivity index (χ4n) is 2.82. The van der Waals surface area contributed by atoms with Crippen LogP contribution in [-0.4, -0.2) is 19.1 Å². The number of hydrogen-bond acceptors (Lipinski definition) is 2. The molecule has 0 aromatic heterocycles. The largest absolute Gasteiger partial charge is 0.364 e. The van der Waals surface area contributed by atoms with Gasteiger partial charge in [0.25, 0.3) is 0 Å². The normalized spacial score (nSPS) is 22.3. The van der Waals surface area contributed by atoms with E-state index in [1.54, 1.807) is 0 Å². The fourth-order valence-corrected chi connectivity index (χ4v) is 3.34. The molecule has 1 saturated heterocycles. The molecule has 1 aliphatic rings. The average Bonchev–Trinajstić information content (AvgIpc) is 2.49. The highest BCUT2D eigenvalue weighted by atomic mass is 35.5. The lowest BCUT2D eigenvalue weighted by Crippen LogP contribution is -2.51. The topological polar surface area (TPSA) is 15.3 Å². The second-order valence-corrected chi connectivity index (χ2v) is 6.31. The second-order valence-electron chi connectivity index (χ2n) is 5.47. The molecule has 21 heavy (non-hydrogen) atoms. The summed E-state index contributed by atoms with van der Waals surface area (Å²) in [4.78, 5) is 2.35. The van der Waals surface area contributed by atoms with Gasteiger partial charge in [-0.25, -0.2) is 0 Å². The van der Waals surface area contributed by atoms with Crippen LogP contribution in [0, 0.1) is 0 Å². The van der Waals surface area contributed by atoms with Gasteiger partial charge in [0.1, 0.15) is 0 Å². The van der Waals surface area contributed by atoms with Crippen LogP contribution in [0.25, 0.3) is 0 Å². The first-order valence-electron chi connectivity index (χ1n) is 7.15. The van der Waals surface area contributed by atoms with Gasteiger partial charge in [0.15, 0.2) is 0 Å². The number of piperazine rings is 1. The summed E-state index contributed by atoms with van der Waals surface area (Å²) in [5, 5.41) is 4.99. The molecule has 2 unspecified atom stereocenters. The minimum absolute atomic E-state index is 0.314. The zero-order chi connectivity index (χ0) is 14.8. The van der Waals surface area contributed by atoms with Gasteiger partial charge >= 0.3 is 0 Å². The van der Waals surface area contributed by atoms with Crippen LogP contribution in [0.3, 0.4) is 0 Å². The van der Waals surface area contributed by atoms with Crippen LogP contribution in [0.4, 0.5) is 5.69 Å². The van der Waals surface area contributed by atoms with Crippen molar-refractivity contribution in [3.05, 3.63) is 64.1 Å². The second kappa shape index (κ2) is 6.27. The Morgan fingerprint density at radius 2 is 1.86 bits per heavy atom. The number of nitrogens with zero attached hydrogens (tertiary/aromatic N) is 1. The summed E-state index contributed by atoms with van der Waals surface area (Å²) in [6, 6.07) is 16.9. The Hall–Kier alpha value is -1.22. The number of hydrogen-bond donors (Lipinski definition) is 1. The summed E-state index contributed by atoms with van der Waals surface area (Å²) >= 11 is 12.4. The van der Waals surface area contributed by atoms with Crippen LogP contribution in [0.1, 0.15) is 18.5 Å². The lowest BCUT2D eigenvalue weighted by molar-refractivity contribution is 0.414. The van der Waals surface area contributed by atoms with Crippen molar-refractivity contribution in [2.45, 2.75) is 19.0 Å². The first-order chi connectivity index (χ1) is 10.1. The van der Waals surface area contributed by atoms with Gasteiger partial charge in [-0.3, -0.25) is 0 Å². The van der Waals surface area contributed by atoms with E-state index in [1.165, 1.54) is 5.56 Å². The van der Waals surface area contributed by atoms with E-state index in [-0.39, 0.29) is 0 Å². The Morgan fingerprint density at radius 1 is 1.10 bits per heavy atom. The molecule has 0 bridgehead atoms. The molecule has 2 aromatic carbocycles. The molecule has 1 fully saturated rings. The molecule has 2 atom stereocenters. The molecule has 0 spiro atoms. The molecule has 1 heterocycles. The Kier molecular flexibility index (Phi) is 4.39. The van der Waals surface area contributed by atoms with Gasteiger partial charge in [-0.2, -0.15) is 0 Å². The van der Waals surface area contributed by atoms with Gasteiger partial charge in [0.05, 0.1) is 10.7 Å². The molecule has 0 aliphatic carbocycles. The van der Waals surface area contributed by atoms with E-state index in [0.717, 1.165) is 18.8 Å². The average molecular weight is 321 g/mol. The third-order valence-corrected chi connectivity index (χ3v) is 4.53. The van der Waals surface area contributed by atoms with Crippen molar-refractivity contribution >= 4 is 28.9 Å². The third-order valence-electron chi connectivity index (χ3n) is 3.99. The molecule has 110 valence electrons. The zero-order valence-corrected chi connectivity index (χ0v) is 13.4. The highest BCUT2D eigenvalue weighted by Gasteiger charge is 2.27. The predicted molar refractivity (Wildman–Crippen MR) is 90.5 cm³/mol. The van der Waals surface area contributed by atoms with Gasteiger partial charge in [0, 0.05) is 30.2 Å². The zero-order valence-electron chi connectivity index (χ0n) is 11.9. The summed E-state index contributed by atoms with van der Waals surface area (Å²) in [5.41, 5.74) is 2.36. The predicted octanol–water partition coefficient (Wildman–Crippen LogP) is 4.53. The Labute approximate surface area is 135 Å². The van der Waals surface area contributed by atoms with E-state index in [4.69, 9.17) is 23.2 Å². The number of nitrogens with one attached hydrogen (secondary N) is 1. The highest BCUT2D eigenvalue weighted by molar-refractivity contribution is 6.36. The van der Waals surface area contributed by atoms with E-state index >= 15 is 0 Å². The highest BCUT2D eigenvalue weighted by Crippen LogP contribution is 2.33. The summed E-state index contributed by atoms with van der Waals surface area (Å²) in [6.07, 6.45) is 0. The lowest BCUT2D eigenvalue weighted by atomic mass is 10.0. The number of halogens is 2. The third kappa shape index (κ3) is 3.18. The van der Waals surface area contributed by atoms with Crippen molar-refractivity contribution in [1.82, 2.24) is 5.32 Å². The lowest BCUT2D eigenvalue weighted by Gasteiger charge is -2.41. The van der Waals surface area contributed by atoms with E-state index in [9.17, 15) is 0 Å². The van der Waals surface area contributed by atoms with E-state index in [1.807, 2.05) is 24.3 Å². The molecule has 1 aliphatic heterocycles. The number of anilines is 1. The maximum absolute atomic E-state index is 6.38. The van der Waals surface area contributed by atoms with Gasteiger partial charge in [-0.1, -0.05) is 53.5 Å². The van der Waals surface area contributed by atoms with Crippen molar-refractivity contribution < 1.29 is 0 Å². The quantitative estimate of drug-likeness (QED) is 0.874. The molecular formula is C17H18Cl2N2. The van der Waals surface area contributed by atoms with E-state index in [2.05, 4.69) is 41.4 Å². The van der Waals surface area contributed by atoms with Crippen LogP contribution in [-0.2, 0) is 0 Å². The summed E-state index contributed by atoms with van der Waals surface area (Å²) in [6.45, 7) is 4.03. The maximum Gasteiger partial charge on any atom is 0.0654 e. The van der Waals surface area contributed by atoms with Gasteiger partial charge in [-0.15, -0.1) is 0 Å². The van der Waals surface area contributed by atoms with E-state index in [0.29, 0.717) is 22.1 Å².